The van der Waals surface area contributed by atoms with Crippen LogP contribution >= 0.6 is 0 Å². The Kier molecular flexibility index (Phi) is 4.48. The quantitative estimate of drug-likeness (QED) is 0.729. The number of aryl methyl sites for hydroxylation is 1. The van der Waals surface area contributed by atoms with Crippen LogP contribution in [-0.2, 0) is 25.1 Å². The molecule has 2 N–H and O–H groups in total. The molecule has 28 heavy (non-hydrogen) atoms. The Morgan fingerprint density at radius 3 is 2.86 bits per heavy atom. The molecule has 0 radical (unpaired) electrons. The second-order valence-corrected chi connectivity index (χ2v) is 8.02. The van der Waals surface area contributed by atoms with Crippen LogP contribution in [0.5, 0.6) is 0 Å². The number of aliphatic hydroxyl groups is 1. The summed E-state index contributed by atoms with van der Waals surface area (Å²) in [5, 5.41) is 22.1. The summed E-state index contributed by atoms with van der Waals surface area (Å²) in [5.74, 6) is -1.06. The molecule has 1 unspecified atom stereocenters. The number of hydrogen-bond donors (Lipinski definition) is 2. The van der Waals surface area contributed by atoms with E-state index in [0.29, 0.717) is 5.56 Å². The van der Waals surface area contributed by atoms with E-state index in [1.54, 1.807) is 6.92 Å². The van der Waals surface area contributed by atoms with Crippen molar-refractivity contribution in [2.45, 2.75) is 39.0 Å². The molecule has 0 spiro atoms. The van der Waals surface area contributed by atoms with Crippen LogP contribution in [0, 0.1) is 6.92 Å². The minimum absolute atomic E-state index is 0.0842. The van der Waals surface area contributed by atoms with Gasteiger partial charge in [0.05, 0.1) is 12.1 Å². The summed E-state index contributed by atoms with van der Waals surface area (Å²) in [6.07, 6.45) is 3.79. The monoisotopic (exact) mass is 379 g/mol. The lowest BCUT2D eigenvalue weighted by molar-refractivity contribution is 0.0352. The fraction of sp³-hybridized carbons (Fsp3) is 0.364. The summed E-state index contributed by atoms with van der Waals surface area (Å²) in [5.41, 5.74) is 3.85. The molecule has 6 nitrogen and oxygen atoms in total. The van der Waals surface area contributed by atoms with Crippen molar-refractivity contribution < 1.29 is 15.0 Å². The molecule has 1 aliphatic rings. The molecule has 0 saturated heterocycles. The maximum absolute atomic E-state index is 11.6. The average Bonchev–Trinajstić information content (AvgIpc) is 2.93. The van der Waals surface area contributed by atoms with Crippen LogP contribution in [0.25, 0.3) is 10.9 Å². The highest BCUT2D eigenvalue weighted by molar-refractivity contribution is 5.89. The SMILES string of the molecule is Cc1ccc2c(c1)c1c(n2CC(C)(O)c2cnccc2C(=O)O)CCN(C)C1. The van der Waals surface area contributed by atoms with Crippen LogP contribution in [0.4, 0.5) is 0 Å². The third-order valence-corrected chi connectivity index (χ3v) is 5.70. The topological polar surface area (TPSA) is 78.6 Å². The van der Waals surface area contributed by atoms with Crippen molar-refractivity contribution in [1.82, 2.24) is 14.5 Å². The van der Waals surface area contributed by atoms with Gasteiger partial charge in [0.2, 0.25) is 0 Å². The van der Waals surface area contributed by atoms with Gasteiger partial charge < -0.3 is 19.7 Å². The van der Waals surface area contributed by atoms with Crippen molar-refractivity contribution >= 4 is 16.9 Å². The number of pyridine rings is 1. The second-order valence-electron chi connectivity index (χ2n) is 8.02. The Morgan fingerprint density at radius 2 is 2.11 bits per heavy atom. The van der Waals surface area contributed by atoms with Gasteiger partial charge in [-0.05, 0) is 44.7 Å². The first-order valence-corrected chi connectivity index (χ1v) is 9.47. The highest BCUT2D eigenvalue weighted by Gasteiger charge is 2.32. The summed E-state index contributed by atoms with van der Waals surface area (Å²) >= 11 is 0. The second kappa shape index (κ2) is 6.72. The van der Waals surface area contributed by atoms with Crippen LogP contribution in [0.2, 0.25) is 0 Å². The molecule has 1 aliphatic heterocycles. The molecule has 2 aromatic heterocycles. The van der Waals surface area contributed by atoms with Gasteiger partial charge in [-0.15, -0.1) is 0 Å². The lowest BCUT2D eigenvalue weighted by Crippen LogP contribution is -2.33. The van der Waals surface area contributed by atoms with Crippen molar-refractivity contribution in [3.63, 3.8) is 0 Å². The molecule has 3 aromatic rings. The van der Waals surface area contributed by atoms with Crippen LogP contribution < -0.4 is 0 Å². The number of fused-ring (bicyclic) bond motifs is 3. The van der Waals surface area contributed by atoms with E-state index in [-0.39, 0.29) is 12.1 Å². The fourth-order valence-corrected chi connectivity index (χ4v) is 4.28. The van der Waals surface area contributed by atoms with E-state index in [1.807, 2.05) is 0 Å². The number of aromatic carboxylic acids is 1. The van der Waals surface area contributed by atoms with Gasteiger partial charge in [-0.1, -0.05) is 11.6 Å². The normalized spacial score (nSPS) is 16.7. The molecule has 0 aliphatic carbocycles. The first-order valence-electron chi connectivity index (χ1n) is 9.47. The number of likely N-dealkylation sites (N-methyl/N-ethyl adjacent to an activating group) is 1. The number of carbonyl (C=O) groups is 1. The number of benzene rings is 1. The molecule has 0 amide bonds. The summed E-state index contributed by atoms with van der Waals surface area (Å²) in [7, 11) is 2.12. The van der Waals surface area contributed by atoms with Gasteiger partial charge >= 0.3 is 5.97 Å². The van der Waals surface area contributed by atoms with Crippen LogP contribution in [0.1, 0.15) is 39.7 Å². The zero-order chi connectivity index (χ0) is 20.1. The lowest BCUT2D eigenvalue weighted by atomic mass is 9.92. The number of nitrogens with zero attached hydrogens (tertiary/aromatic N) is 3. The number of carboxylic acids is 1. The predicted octanol–water partition coefficient (Wildman–Crippen LogP) is 2.94. The van der Waals surface area contributed by atoms with E-state index in [9.17, 15) is 15.0 Å². The Morgan fingerprint density at radius 1 is 1.32 bits per heavy atom. The lowest BCUT2D eigenvalue weighted by Gasteiger charge is -2.29. The van der Waals surface area contributed by atoms with Crippen LogP contribution in [-0.4, -0.2) is 44.2 Å². The minimum Gasteiger partial charge on any atom is -0.478 e. The average molecular weight is 379 g/mol. The molecule has 146 valence electrons. The molecular formula is C22H25N3O3. The summed E-state index contributed by atoms with van der Waals surface area (Å²) < 4.78 is 2.16. The van der Waals surface area contributed by atoms with Gasteiger partial charge in [-0.25, -0.2) is 4.79 Å². The number of hydrogen-bond acceptors (Lipinski definition) is 4. The highest BCUT2D eigenvalue weighted by Crippen LogP contribution is 2.34. The Labute approximate surface area is 164 Å². The zero-order valence-electron chi connectivity index (χ0n) is 16.4. The largest absolute Gasteiger partial charge is 0.478 e. The third kappa shape index (κ3) is 3.08. The smallest absolute Gasteiger partial charge is 0.336 e. The Balaban J connectivity index is 1.85. The first-order chi connectivity index (χ1) is 13.3. The maximum Gasteiger partial charge on any atom is 0.336 e. The summed E-state index contributed by atoms with van der Waals surface area (Å²) in [4.78, 5) is 18.0. The molecule has 0 fully saturated rings. The van der Waals surface area contributed by atoms with Crippen LogP contribution in [0.15, 0.2) is 36.7 Å². The number of carboxylic acid groups (broad SMARTS) is 1. The minimum atomic E-state index is -1.37. The van der Waals surface area contributed by atoms with Crippen molar-refractivity contribution in [2.24, 2.45) is 0 Å². The van der Waals surface area contributed by atoms with Gasteiger partial charge in [0.15, 0.2) is 0 Å². The molecule has 3 heterocycles. The van der Waals surface area contributed by atoms with Crippen LogP contribution in [0.3, 0.4) is 0 Å². The fourth-order valence-electron chi connectivity index (χ4n) is 4.28. The van der Waals surface area contributed by atoms with Crippen molar-refractivity contribution in [1.29, 1.82) is 0 Å². The molecule has 1 atom stereocenters. The van der Waals surface area contributed by atoms with Gasteiger partial charge in [0.25, 0.3) is 0 Å². The predicted molar refractivity (Wildman–Crippen MR) is 107 cm³/mol. The highest BCUT2D eigenvalue weighted by atomic mass is 16.4. The molecule has 4 rings (SSSR count). The first kappa shape index (κ1) is 18.7. The van der Waals surface area contributed by atoms with Gasteiger partial charge in [0, 0.05) is 54.1 Å². The van der Waals surface area contributed by atoms with Crippen molar-refractivity contribution in [3.8, 4) is 0 Å². The summed E-state index contributed by atoms with van der Waals surface area (Å²) in [6.45, 7) is 5.85. The molecule has 6 heteroatoms. The zero-order valence-corrected chi connectivity index (χ0v) is 16.4. The molecule has 0 bridgehead atoms. The standard InChI is InChI=1S/C22H25N3O3/c1-14-4-5-19-16(10-14)17-12-24(3)9-7-20(17)25(19)13-22(2,28)18-11-23-8-6-15(18)21(26)27/h4-6,8,10-11,28H,7,9,12-13H2,1-3H3,(H,26,27). The van der Waals surface area contributed by atoms with E-state index in [2.05, 4.69) is 46.6 Å². The Bertz CT molecular complexity index is 1070. The molecule has 0 saturated carbocycles. The van der Waals surface area contributed by atoms with E-state index in [1.165, 1.54) is 40.7 Å². The van der Waals surface area contributed by atoms with E-state index in [4.69, 9.17) is 0 Å². The number of rotatable bonds is 4. The van der Waals surface area contributed by atoms with Gasteiger partial charge in [-0.2, -0.15) is 0 Å². The van der Waals surface area contributed by atoms with E-state index < -0.39 is 11.6 Å². The maximum atomic E-state index is 11.6. The third-order valence-electron chi connectivity index (χ3n) is 5.70. The number of aromatic nitrogens is 2. The van der Waals surface area contributed by atoms with Crippen molar-refractivity contribution in [3.05, 3.63) is 64.6 Å². The van der Waals surface area contributed by atoms with Gasteiger partial charge in [0.1, 0.15) is 5.60 Å². The Hall–Kier alpha value is -2.70. The summed E-state index contributed by atoms with van der Waals surface area (Å²) in [6, 6.07) is 7.81. The molecular weight excluding hydrogens is 354 g/mol. The van der Waals surface area contributed by atoms with E-state index in [0.717, 1.165) is 25.0 Å². The molecule has 1 aromatic carbocycles. The van der Waals surface area contributed by atoms with Gasteiger partial charge in [-0.3, -0.25) is 4.98 Å². The van der Waals surface area contributed by atoms with E-state index >= 15 is 0 Å². The van der Waals surface area contributed by atoms with Crippen molar-refractivity contribution in [2.75, 3.05) is 13.6 Å².